The number of amides is 1. The third-order valence-electron chi connectivity index (χ3n) is 7.63. The molecular weight excluding hydrogens is 458 g/mol. The highest BCUT2D eigenvalue weighted by molar-refractivity contribution is 7.80. The number of nitrogens with one attached hydrogen (secondary N) is 1. The predicted molar refractivity (Wildman–Crippen MR) is 145 cm³/mol. The van der Waals surface area contributed by atoms with Crippen molar-refractivity contribution < 1.29 is 14.3 Å². The lowest BCUT2D eigenvalue weighted by Crippen LogP contribution is -2.45. The van der Waals surface area contributed by atoms with Crippen molar-refractivity contribution in [2.75, 3.05) is 45.7 Å². The van der Waals surface area contributed by atoms with Crippen LogP contribution in [0.4, 0.5) is 5.69 Å². The van der Waals surface area contributed by atoms with Gasteiger partial charge in [0.2, 0.25) is 0 Å². The molecule has 2 aliphatic rings. The van der Waals surface area contributed by atoms with Crippen molar-refractivity contribution in [2.24, 2.45) is 5.41 Å². The number of rotatable bonds is 5. The first-order chi connectivity index (χ1) is 16.8. The Bertz CT molecular complexity index is 1090. The third-order valence-corrected chi connectivity index (χ3v) is 7.99. The third kappa shape index (κ3) is 5.25. The standard InChI is InChI=1S/C28H37N3O3S/c1-19(2)22-8-6-7-20(3)25(22)29-27(35)31-16-13-28(18-31)11-14-30(15-12-28)26(32)23-17-21(33-4)9-10-24(23)34-5/h6-10,17,19H,11-16,18H2,1-5H3,(H,29,35). The summed E-state index contributed by atoms with van der Waals surface area (Å²) in [6.07, 6.45) is 3.06. The van der Waals surface area contributed by atoms with Crippen LogP contribution in [-0.4, -0.2) is 61.2 Å². The fraction of sp³-hybridized carbons (Fsp3) is 0.500. The lowest BCUT2D eigenvalue weighted by Gasteiger charge is -2.39. The number of likely N-dealkylation sites (tertiary alicyclic amines) is 2. The number of thiocarbonyl (C=S) groups is 1. The minimum atomic E-state index is 0.00316. The zero-order chi connectivity index (χ0) is 25.2. The second kappa shape index (κ2) is 10.4. The molecule has 0 saturated carbocycles. The van der Waals surface area contributed by atoms with E-state index < -0.39 is 0 Å². The maximum absolute atomic E-state index is 13.3. The summed E-state index contributed by atoms with van der Waals surface area (Å²) in [5, 5.41) is 4.37. The molecular formula is C28H37N3O3S. The zero-order valence-electron chi connectivity index (χ0n) is 21.5. The Morgan fingerprint density at radius 3 is 2.34 bits per heavy atom. The summed E-state index contributed by atoms with van der Waals surface area (Å²) in [7, 11) is 3.20. The van der Waals surface area contributed by atoms with Crippen molar-refractivity contribution in [3.8, 4) is 11.5 Å². The Hall–Kier alpha value is -2.80. The van der Waals surface area contributed by atoms with Crippen LogP contribution in [0.2, 0.25) is 0 Å². The summed E-state index contributed by atoms with van der Waals surface area (Å²) in [5.41, 5.74) is 4.41. The molecule has 0 atom stereocenters. The van der Waals surface area contributed by atoms with Crippen molar-refractivity contribution in [1.29, 1.82) is 0 Å². The molecule has 7 heteroatoms. The SMILES string of the molecule is COc1ccc(OC)c(C(=O)N2CCC3(CC2)CCN(C(=S)Nc2c(C)cccc2C(C)C)C3)c1. The topological polar surface area (TPSA) is 54.0 Å². The molecule has 2 heterocycles. The van der Waals surface area contributed by atoms with Crippen LogP contribution in [-0.2, 0) is 0 Å². The zero-order valence-corrected chi connectivity index (χ0v) is 22.3. The molecule has 2 aromatic rings. The first kappa shape index (κ1) is 25.3. The summed E-state index contributed by atoms with van der Waals surface area (Å²) >= 11 is 5.86. The van der Waals surface area contributed by atoms with E-state index in [-0.39, 0.29) is 11.3 Å². The highest BCUT2D eigenvalue weighted by Gasteiger charge is 2.42. The van der Waals surface area contributed by atoms with Crippen molar-refractivity contribution in [2.45, 2.75) is 46.0 Å². The first-order valence-electron chi connectivity index (χ1n) is 12.4. The van der Waals surface area contributed by atoms with Crippen molar-refractivity contribution in [3.05, 3.63) is 53.1 Å². The largest absolute Gasteiger partial charge is 0.497 e. The Kier molecular flexibility index (Phi) is 7.55. The molecule has 6 nitrogen and oxygen atoms in total. The van der Waals surface area contributed by atoms with Gasteiger partial charge in [-0.3, -0.25) is 4.79 Å². The van der Waals surface area contributed by atoms with Gasteiger partial charge >= 0.3 is 0 Å². The summed E-state index contributed by atoms with van der Waals surface area (Å²) in [6.45, 7) is 9.92. The molecule has 0 unspecified atom stereocenters. The number of nitrogens with zero attached hydrogens (tertiary/aromatic N) is 2. The van der Waals surface area contributed by atoms with Crippen LogP contribution in [0.1, 0.15) is 60.5 Å². The number of methoxy groups -OCH3 is 2. The van der Waals surface area contributed by atoms with Gasteiger partial charge < -0.3 is 24.6 Å². The van der Waals surface area contributed by atoms with Crippen LogP contribution >= 0.6 is 12.2 Å². The molecule has 1 N–H and O–H groups in total. The average molecular weight is 496 g/mol. The molecule has 2 aliphatic heterocycles. The molecule has 1 amide bonds. The van der Waals surface area contributed by atoms with Gasteiger partial charge in [0.15, 0.2) is 5.11 Å². The van der Waals surface area contributed by atoms with E-state index in [0.717, 1.165) is 56.2 Å². The molecule has 35 heavy (non-hydrogen) atoms. The quantitative estimate of drug-likeness (QED) is 0.556. The molecule has 188 valence electrons. The number of hydrogen-bond donors (Lipinski definition) is 1. The number of aryl methyl sites for hydroxylation is 1. The van der Waals surface area contributed by atoms with E-state index in [2.05, 4.69) is 49.2 Å². The molecule has 0 aromatic heterocycles. The highest BCUT2D eigenvalue weighted by atomic mass is 32.1. The van der Waals surface area contributed by atoms with E-state index in [1.807, 2.05) is 11.0 Å². The number of anilines is 1. The van der Waals surface area contributed by atoms with Gasteiger partial charge in [-0.15, -0.1) is 0 Å². The Morgan fingerprint density at radius 1 is 1.03 bits per heavy atom. The second-order valence-electron chi connectivity index (χ2n) is 10.2. The van der Waals surface area contributed by atoms with Crippen LogP contribution in [0, 0.1) is 12.3 Å². The number of ether oxygens (including phenoxy) is 2. The maximum Gasteiger partial charge on any atom is 0.257 e. The summed E-state index contributed by atoms with van der Waals surface area (Å²) in [5.74, 6) is 1.67. The Morgan fingerprint density at radius 2 is 1.71 bits per heavy atom. The van der Waals surface area contributed by atoms with Crippen molar-refractivity contribution >= 4 is 28.9 Å². The molecule has 0 radical (unpaired) electrons. The maximum atomic E-state index is 13.3. The van der Waals surface area contributed by atoms with E-state index in [9.17, 15) is 4.79 Å². The van der Waals surface area contributed by atoms with Crippen molar-refractivity contribution in [1.82, 2.24) is 9.80 Å². The summed E-state index contributed by atoms with van der Waals surface area (Å²) in [6, 6.07) is 11.8. The normalized spacial score (nSPS) is 17.1. The van der Waals surface area contributed by atoms with Crippen LogP contribution < -0.4 is 14.8 Å². The van der Waals surface area contributed by atoms with Crippen LogP contribution in [0.5, 0.6) is 11.5 Å². The van der Waals surface area contributed by atoms with Crippen LogP contribution in [0.3, 0.4) is 0 Å². The second-order valence-corrected chi connectivity index (χ2v) is 10.5. The average Bonchev–Trinajstić information content (AvgIpc) is 3.28. The van der Waals surface area contributed by atoms with Gasteiger partial charge in [0.05, 0.1) is 19.8 Å². The lowest BCUT2D eigenvalue weighted by molar-refractivity contribution is 0.0595. The summed E-state index contributed by atoms with van der Waals surface area (Å²) < 4.78 is 10.8. The Labute approximate surface area is 214 Å². The number of piperidine rings is 1. The summed E-state index contributed by atoms with van der Waals surface area (Å²) in [4.78, 5) is 17.6. The number of carbonyl (C=O) groups is 1. The fourth-order valence-corrected chi connectivity index (χ4v) is 5.64. The van der Waals surface area contributed by atoms with Gasteiger partial charge in [-0.1, -0.05) is 32.0 Å². The van der Waals surface area contributed by atoms with Crippen molar-refractivity contribution in [3.63, 3.8) is 0 Å². The number of carbonyl (C=O) groups excluding carboxylic acids is 1. The van der Waals surface area contributed by atoms with E-state index in [0.29, 0.717) is 23.0 Å². The molecule has 1 spiro atoms. The number of hydrogen-bond acceptors (Lipinski definition) is 4. The smallest absolute Gasteiger partial charge is 0.257 e. The minimum absolute atomic E-state index is 0.00316. The monoisotopic (exact) mass is 495 g/mol. The molecule has 4 rings (SSSR count). The molecule has 2 aromatic carbocycles. The fourth-order valence-electron chi connectivity index (χ4n) is 5.38. The van der Waals surface area contributed by atoms with E-state index >= 15 is 0 Å². The number of para-hydroxylation sites is 1. The van der Waals surface area contributed by atoms with Crippen LogP contribution in [0.15, 0.2) is 36.4 Å². The van der Waals surface area contributed by atoms with E-state index in [4.69, 9.17) is 21.7 Å². The van der Waals surface area contributed by atoms with Gasteiger partial charge in [0.1, 0.15) is 11.5 Å². The van der Waals surface area contributed by atoms with Gasteiger partial charge in [-0.25, -0.2) is 0 Å². The highest BCUT2D eigenvalue weighted by Crippen LogP contribution is 2.41. The lowest BCUT2D eigenvalue weighted by atomic mass is 9.77. The van der Waals surface area contributed by atoms with E-state index in [1.54, 1.807) is 26.4 Å². The van der Waals surface area contributed by atoms with Gasteiger partial charge in [-0.2, -0.15) is 0 Å². The molecule has 2 fully saturated rings. The predicted octanol–water partition coefficient (Wildman–Crippen LogP) is 5.46. The minimum Gasteiger partial charge on any atom is -0.497 e. The first-order valence-corrected chi connectivity index (χ1v) is 12.8. The van der Waals surface area contributed by atoms with Gasteiger partial charge in [0, 0.05) is 31.9 Å². The Balaban J connectivity index is 1.39. The van der Waals surface area contributed by atoms with Gasteiger partial charge in [0.25, 0.3) is 5.91 Å². The molecule has 2 saturated heterocycles. The van der Waals surface area contributed by atoms with Crippen LogP contribution in [0.25, 0.3) is 0 Å². The number of benzene rings is 2. The molecule has 0 bridgehead atoms. The molecule has 0 aliphatic carbocycles. The van der Waals surface area contributed by atoms with Gasteiger partial charge in [-0.05, 0) is 79.1 Å². The van der Waals surface area contributed by atoms with E-state index in [1.165, 1.54) is 11.1 Å².